The maximum atomic E-state index is 12.5. The van der Waals surface area contributed by atoms with E-state index in [1.54, 1.807) is 6.92 Å². The van der Waals surface area contributed by atoms with Crippen LogP contribution < -0.4 is 0 Å². The number of hydrogen-bond donors (Lipinski definition) is 0. The van der Waals surface area contributed by atoms with Gasteiger partial charge in [-0.1, -0.05) is 34.8 Å². The molecule has 23 heavy (non-hydrogen) atoms. The lowest BCUT2D eigenvalue weighted by molar-refractivity contribution is 0.0113. The molecule has 0 spiro atoms. The van der Waals surface area contributed by atoms with E-state index in [1.807, 2.05) is 30.3 Å². The van der Waals surface area contributed by atoms with Crippen LogP contribution >= 0.6 is 11.5 Å². The van der Waals surface area contributed by atoms with E-state index in [0.717, 1.165) is 23.5 Å². The first-order chi connectivity index (χ1) is 11.2. The number of ether oxygens (including phenoxy) is 1. The number of hydrogen-bond acceptors (Lipinski definition) is 6. The van der Waals surface area contributed by atoms with Crippen molar-refractivity contribution in [2.24, 2.45) is 0 Å². The number of rotatable bonds is 3. The molecule has 0 atom stereocenters. The lowest BCUT2D eigenvalue weighted by Gasteiger charge is -2.26. The number of aromatic nitrogens is 2. The Balaban J connectivity index is 1.65. The molecule has 3 rings (SSSR count). The molecule has 2 aromatic rings. The molecule has 2 amide bonds. The minimum Gasteiger partial charge on any atom is -0.443 e. The van der Waals surface area contributed by atoms with Crippen molar-refractivity contribution in [1.29, 1.82) is 0 Å². The fourth-order valence-electron chi connectivity index (χ4n) is 2.35. The Morgan fingerprint density at radius 2 is 1.96 bits per heavy atom. The third-order valence-corrected chi connectivity index (χ3v) is 4.34. The third-order valence-electron chi connectivity index (χ3n) is 3.53. The molecular weight excluding hydrogens is 316 g/mol. The summed E-state index contributed by atoms with van der Waals surface area (Å²) in [6, 6.07) is 9.43. The Morgan fingerprint density at radius 1 is 1.22 bits per heavy atom. The molecular formula is C15H16N4O3S. The molecule has 7 nitrogen and oxygen atoms in total. The molecule has 1 fully saturated rings. The van der Waals surface area contributed by atoms with Crippen molar-refractivity contribution in [1.82, 2.24) is 19.6 Å². The van der Waals surface area contributed by atoms with Crippen molar-refractivity contribution in [3.05, 3.63) is 46.5 Å². The lowest BCUT2D eigenvalue weighted by Crippen LogP contribution is -2.45. The van der Waals surface area contributed by atoms with E-state index in [9.17, 15) is 9.59 Å². The molecule has 1 aliphatic heterocycles. The molecule has 0 saturated carbocycles. The molecule has 120 valence electrons. The summed E-state index contributed by atoms with van der Waals surface area (Å²) in [7, 11) is 0. The van der Waals surface area contributed by atoms with E-state index < -0.39 is 6.09 Å². The average Bonchev–Trinajstić information content (AvgIpc) is 3.22. The predicted octanol–water partition coefficient (Wildman–Crippen LogP) is 2.25. The van der Waals surface area contributed by atoms with Gasteiger partial charge in [0.05, 0.1) is 5.69 Å². The van der Waals surface area contributed by atoms with E-state index in [1.165, 1.54) is 10.0 Å². The van der Waals surface area contributed by atoms with Crippen LogP contribution in [0.2, 0.25) is 0 Å². The van der Waals surface area contributed by atoms with Crippen LogP contribution in [0, 0.1) is 6.92 Å². The Hall–Kier alpha value is -2.48. The Bertz CT molecular complexity index is 704. The molecule has 1 aromatic heterocycles. The molecule has 8 heteroatoms. The normalized spacial score (nSPS) is 14.1. The predicted molar refractivity (Wildman–Crippen MR) is 83.6 cm³/mol. The highest BCUT2D eigenvalue weighted by Crippen LogP contribution is 2.19. The molecule has 2 heterocycles. The van der Waals surface area contributed by atoms with E-state index >= 15 is 0 Å². The van der Waals surface area contributed by atoms with Gasteiger partial charge in [0.2, 0.25) is 0 Å². The summed E-state index contributed by atoms with van der Waals surface area (Å²) in [5.74, 6) is -0.258. The van der Waals surface area contributed by atoms with Gasteiger partial charge in [-0.05, 0) is 30.4 Å². The maximum absolute atomic E-state index is 12.5. The first-order valence-electron chi connectivity index (χ1n) is 7.26. The van der Waals surface area contributed by atoms with E-state index in [2.05, 4.69) is 9.59 Å². The summed E-state index contributed by atoms with van der Waals surface area (Å²) >= 11 is 1.04. The number of carbonyl (C=O) groups excluding carboxylic acids is 2. The van der Waals surface area contributed by atoms with Crippen LogP contribution in [0.3, 0.4) is 0 Å². The van der Waals surface area contributed by atoms with Gasteiger partial charge < -0.3 is 4.74 Å². The topological polar surface area (TPSA) is 75.6 Å². The number of aryl methyl sites for hydroxylation is 1. The molecule has 0 radical (unpaired) electrons. The summed E-state index contributed by atoms with van der Waals surface area (Å²) < 4.78 is 9.07. The number of amides is 2. The van der Waals surface area contributed by atoms with Gasteiger partial charge in [-0.3, -0.25) is 4.79 Å². The van der Waals surface area contributed by atoms with Gasteiger partial charge >= 0.3 is 6.09 Å². The molecule has 0 bridgehead atoms. The van der Waals surface area contributed by atoms with E-state index in [4.69, 9.17) is 4.74 Å². The number of hydrazine groups is 1. The molecule has 1 aliphatic rings. The highest BCUT2D eigenvalue weighted by Gasteiger charge is 2.34. The summed E-state index contributed by atoms with van der Waals surface area (Å²) in [6.45, 7) is 2.85. The molecule has 0 N–H and O–H groups in total. The van der Waals surface area contributed by atoms with Gasteiger partial charge in [-0.25, -0.2) is 14.8 Å². The molecule has 0 aliphatic carbocycles. The summed E-state index contributed by atoms with van der Waals surface area (Å²) in [5.41, 5.74) is 1.48. The quantitative estimate of drug-likeness (QED) is 0.861. The molecule has 0 unspecified atom stereocenters. The average molecular weight is 332 g/mol. The van der Waals surface area contributed by atoms with Gasteiger partial charge in [-0.2, -0.15) is 0 Å². The maximum Gasteiger partial charge on any atom is 0.429 e. The standard InChI is InChI=1S/C15H16N4O3S/c1-11-13(23-17-16-11)14(20)18-8-5-9-19(18)15(21)22-10-12-6-3-2-4-7-12/h2-4,6-7H,5,8-10H2,1H3. The third kappa shape index (κ3) is 3.31. The smallest absolute Gasteiger partial charge is 0.429 e. The Kier molecular flexibility index (Phi) is 4.52. The molecule has 1 saturated heterocycles. The highest BCUT2D eigenvalue weighted by atomic mass is 32.1. The monoisotopic (exact) mass is 332 g/mol. The van der Waals surface area contributed by atoms with Gasteiger partial charge in [0.1, 0.15) is 11.5 Å². The van der Waals surface area contributed by atoms with Gasteiger partial charge in [0, 0.05) is 13.1 Å². The summed E-state index contributed by atoms with van der Waals surface area (Å²) in [6.07, 6.45) is 0.201. The van der Waals surface area contributed by atoms with Crippen molar-refractivity contribution < 1.29 is 14.3 Å². The summed E-state index contributed by atoms with van der Waals surface area (Å²) in [4.78, 5) is 25.2. The number of benzene rings is 1. The first kappa shape index (κ1) is 15.4. The van der Waals surface area contributed by atoms with Crippen LogP contribution in [0.1, 0.15) is 27.3 Å². The number of nitrogens with zero attached hydrogens (tertiary/aromatic N) is 4. The van der Waals surface area contributed by atoms with Gasteiger partial charge in [0.15, 0.2) is 0 Å². The number of carbonyl (C=O) groups is 2. The minimum absolute atomic E-state index is 0.180. The Morgan fingerprint density at radius 3 is 2.65 bits per heavy atom. The lowest BCUT2D eigenvalue weighted by atomic mass is 10.2. The zero-order chi connectivity index (χ0) is 16.2. The second-order valence-corrected chi connectivity index (χ2v) is 5.89. The first-order valence-corrected chi connectivity index (χ1v) is 8.03. The van der Waals surface area contributed by atoms with Crippen molar-refractivity contribution in [3.63, 3.8) is 0 Å². The second kappa shape index (κ2) is 6.74. The van der Waals surface area contributed by atoms with Crippen molar-refractivity contribution in [2.75, 3.05) is 13.1 Å². The highest BCUT2D eigenvalue weighted by molar-refractivity contribution is 7.07. The van der Waals surface area contributed by atoms with Crippen LogP contribution in [0.4, 0.5) is 4.79 Å². The van der Waals surface area contributed by atoms with Crippen LogP contribution in [0.15, 0.2) is 30.3 Å². The second-order valence-electron chi connectivity index (χ2n) is 5.13. The Labute approximate surface area is 137 Å². The van der Waals surface area contributed by atoms with Crippen LogP contribution in [0.5, 0.6) is 0 Å². The zero-order valence-corrected chi connectivity index (χ0v) is 13.5. The van der Waals surface area contributed by atoms with Crippen molar-refractivity contribution in [3.8, 4) is 0 Å². The zero-order valence-electron chi connectivity index (χ0n) is 12.6. The van der Waals surface area contributed by atoms with Gasteiger partial charge in [0.25, 0.3) is 5.91 Å². The van der Waals surface area contributed by atoms with Crippen LogP contribution in [-0.2, 0) is 11.3 Å². The minimum atomic E-state index is -0.519. The van der Waals surface area contributed by atoms with Crippen molar-refractivity contribution >= 4 is 23.5 Å². The van der Waals surface area contributed by atoms with Crippen molar-refractivity contribution in [2.45, 2.75) is 20.0 Å². The SMILES string of the molecule is Cc1nnsc1C(=O)N1CCCN1C(=O)OCc1ccccc1. The van der Waals surface area contributed by atoms with Crippen LogP contribution in [0.25, 0.3) is 0 Å². The van der Waals surface area contributed by atoms with E-state index in [-0.39, 0.29) is 12.5 Å². The van der Waals surface area contributed by atoms with Gasteiger partial charge in [-0.15, -0.1) is 5.10 Å². The fraction of sp³-hybridized carbons (Fsp3) is 0.333. The largest absolute Gasteiger partial charge is 0.443 e. The summed E-state index contributed by atoms with van der Waals surface area (Å²) in [5, 5.41) is 6.61. The fourth-order valence-corrected chi connectivity index (χ4v) is 2.95. The van der Waals surface area contributed by atoms with Crippen LogP contribution in [-0.4, -0.2) is 44.7 Å². The molecule has 1 aromatic carbocycles. The van der Waals surface area contributed by atoms with E-state index in [0.29, 0.717) is 23.7 Å².